The van der Waals surface area contributed by atoms with E-state index < -0.39 is 5.41 Å². The summed E-state index contributed by atoms with van der Waals surface area (Å²) >= 11 is 0. The molecule has 154 valence electrons. The van der Waals surface area contributed by atoms with Crippen molar-refractivity contribution < 1.29 is 19.1 Å². The van der Waals surface area contributed by atoms with E-state index in [1.165, 1.54) is 6.39 Å². The van der Waals surface area contributed by atoms with Gasteiger partial charge in [-0.1, -0.05) is 37.6 Å². The van der Waals surface area contributed by atoms with Crippen LogP contribution in [0.2, 0.25) is 0 Å². The van der Waals surface area contributed by atoms with E-state index in [4.69, 9.17) is 4.42 Å². The molecule has 3 heterocycles. The maximum absolute atomic E-state index is 13.2. The van der Waals surface area contributed by atoms with Crippen molar-refractivity contribution in [2.75, 3.05) is 32.8 Å². The lowest BCUT2D eigenvalue weighted by Crippen LogP contribution is -2.41. The van der Waals surface area contributed by atoms with Crippen LogP contribution in [-0.4, -0.2) is 64.5 Å². The Bertz CT molecular complexity index is 938. The summed E-state index contributed by atoms with van der Waals surface area (Å²) in [4.78, 5) is 33.4. The molecule has 2 aliphatic rings. The Hall–Kier alpha value is -2.67. The predicted molar refractivity (Wildman–Crippen MR) is 107 cm³/mol. The first kappa shape index (κ1) is 19.6. The summed E-state index contributed by atoms with van der Waals surface area (Å²) in [6.07, 6.45) is 1.30. The van der Waals surface area contributed by atoms with Crippen molar-refractivity contribution in [3.63, 3.8) is 0 Å². The fourth-order valence-corrected chi connectivity index (χ4v) is 4.63. The zero-order chi connectivity index (χ0) is 20.8. The van der Waals surface area contributed by atoms with E-state index in [1.54, 1.807) is 4.90 Å². The number of aliphatic hydroxyl groups excluding tert-OH is 1. The molecule has 0 aliphatic carbocycles. The van der Waals surface area contributed by atoms with E-state index in [-0.39, 0.29) is 30.3 Å². The predicted octanol–water partition coefficient (Wildman–Crippen LogP) is 2.20. The van der Waals surface area contributed by atoms with E-state index in [0.29, 0.717) is 37.6 Å². The van der Waals surface area contributed by atoms with Gasteiger partial charge < -0.3 is 19.3 Å². The largest absolute Gasteiger partial charge is 0.443 e. The molecule has 0 radical (unpaired) electrons. The van der Waals surface area contributed by atoms with Gasteiger partial charge in [-0.15, -0.1) is 0 Å². The standard InChI is InChI=1S/C22H27N3O4/c1-14(2)20(27)24-8-17-9-25(11-22(17,10-24)12-26)21(28)18-19(29-13-23-18)16-6-4-5-15(3)7-16/h4-7,13-14,17,26H,8-12H2,1-3H3/t17-,22+/m1/s1. The zero-order valence-corrected chi connectivity index (χ0v) is 17.1. The molecule has 2 aromatic rings. The van der Waals surface area contributed by atoms with Gasteiger partial charge in [-0.25, -0.2) is 4.98 Å². The van der Waals surface area contributed by atoms with Crippen LogP contribution >= 0.6 is 0 Å². The Morgan fingerprint density at radius 1 is 1.28 bits per heavy atom. The number of aryl methyl sites for hydroxylation is 1. The van der Waals surface area contributed by atoms with Crippen LogP contribution < -0.4 is 0 Å². The summed E-state index contributed by atoms with van der Waals surface area (Å²) < 4.78 is 5.55. The highest BCUT2D eigenvalue weighted by Crippen LogP contribution is 2.43. The van der Waals surface area contributed by atoms with Crippen LogP contribution in [0.4, 0.5) is 0 Å². The molecule has 0 unspecified atom stereocenters. The van der Waals surface area contributed by atoms with Crippen LogP contribution in [0.3, 0.4) is 0 Å². The van der Waals surface area contributed by atoms with Gasteiger partial charge in [0.1, 0.15) is 0 Å². The van der Waals surface area contributed by atoms with Crippen molar-refractivity contribution in [3.05, 3.63) is 41.9 Å². The van der Waals surface area contributed by atoms with Gasteiger partial charge in [0.15, 0.2) is 17.8 Å². The van der Waals surface area contributed by atoms with Crippen molar-refractivity contribution in [2.24, 2.45) is 17.3 Å². The van der Waals surface area contributed by atoms with Crippen molar-refractivity contribution in [2.45, 2.75) is 20.8 Å². The van der Waals surface area contributed by atoms with Crippen molar-refractivity contribution in [1.29, 1.82) is 0 Å². The van der Waals surface area contributed by atoms with Crippen LogP contribution in [0.15, 0.2) is 35.1 Å². The topological polar surface area (TPSA) is 86.9 Å². The third-order valence-corrected chi connectivity index (χ3v) is 6.22. The minimum atomic E-state index is -0.465. The number of oxazole rings is 1. The van der Waals surface area contributed by atoms with Crippen molar-refractivity contribution in [1.82, 2.24) is 14.8 Å². The molecule has 7 nitrogen and oxygen atoms in total. The van der Waals surface area contributed by atoms with Gasteiger partial charge in [0, 0.05) is 49.0 Å². The molecule has 0 spiro atoms. The summed E-state index contributed by atoms with van der Waals surface area (Å²) in [5, 5.41) is 10.1. The molecule has 2 aliphatic heterocycles. The number of rotatable bonds is 4. The molecule has 0 bridgehead atoms. The summed E-state index contributed by atoms with van der Waals surface area (Å²) in [5.41, 5.74) is 1.71. The number of benzene rings is 1. The fourth-order valence-electron chi connectivity index (χ4n) is 4.63. The van der Waals surface area contributed by atoms with Gasteiger partial charge in [-0.05, 0) is 13.0 Å². The van der Waals surface area contributed by atoms with Gasteiger partial charge in [-0.2, -0.15) is 0 Å². The van der Waals surface area contributed by atoms with Gasteiger partial charge in [-0.3, -0.25) is 9.59 Å². The molecule has 1 N–H and O–H groups in total. The average Bonchev–Trinajstić information content (AvgIpc) is 3.39. The van der Waals surface area contributed by atoms with E-state index in [9.17, 15) is 14.7 Å². The van der Waals surface area contributed by atoms with E-state index in [0.717, 1.165) is 11.1 Å². The fraction of sp³-hybridized carbons (Fsp3) is 0.500. The Morgan fingerprint density at radius 2 is 2.00 bits per heavy atom. The Balaban J connectivity index is 1.55. The molecular weight excluding hydrogens is 370 g/mol. The molecule has 29 heavy (non-hydrogen) atoms. The number of amides is 2. The second-order valence-corrected chi connectivity index (χ2v) is 8.68. The SMILES string of the molecule is Cc1cccc(-c2ocnc2C(=O)N2C[C@H]3CN(C(=O)C(C)C)C[C@@]3(CO)C2)c1. The van der Waals surface area contributed by atoms with Crippen molar-refractivity contribution in [3.8, 4) is 11.3 Å². The second-order valence-electron chi connectivity index (χ2n) is 8.68. The highest BCUT2D eigenvalue weighted by Gasteiger charge is 2.54. The van der Waals surface area contributed by atoms with Crippen LogP contribution in [-0.2, 0) is 4.79 Å². The molecule has 4 rings (SSSR count). The minimum absolute atomic E-state index is 0.0487. The van der Waals surface area contributed by atoms with Gasteiger partial charge >= 0.3 is 0 Å². The van der Waals surface area contributed by atoms with Crippen LogP contribution in [0, 0.1) is 24.2 Å². The number of likely N-dealkylation sites (tertiary alicyclic amines) is 2. The third-order valence-electron chi connectivity index (χ3n) is 6.22. The summed E-state index contributed by atoms with van der Waals surface area (Å²) in [5.74, 6) is 0.357. The Labute approximate surface area is 170 Å². The monoisotopic (exact) mass is 397 g/mol. The van der Waals surface area contributed by atoms with E-state index >= 15 is 0 Å². The summed E-state index contributed by atoms with van der Waals surface area (Å²) in [6, 6.07) is 7.76. The Kier molecular flexibility index (Phi) is 4.94. The number of aromatic nitrogens is 1. The molecule has 0 saturated carbocycles. The minimum Gasteiger partial charge on any atom is -0.443 e. The molecule has 2 atom stereocenters. The molecule has 1 aromatic heterocycles. The Morgan fingerprint density at radius 3 is 2.66 bits per heavy atom. The first-order valence-corrected chi connectivity index (χ1v) is 10.0. The van der Waals surface area contributed by atoms with Crippen molar-refractivity contribution >= 4 is 11.8 Å². The summed E-state index contributed by atoms with van der Waals surface area (Å²) in [6.45, 7) is 7.68. The molecule has 7 heteroatoms. The van der Waals surface area contributed by atoms with E-state index in [2.05, 4.69) is 4.98 Å². The maximum Gasteiger partial charge on any atom is 0.276 e. The summed E-state index contributed by atoms with van der Waals surface area (Å²) in [7, 11) is 0. The highest BCUT2D eigenvalue weighted by molar-refractivity contribution is 5.98. The first-order valence-electron chi connectivity index (χ1n) is 10.0. The first-order chi connectivity index (χ1) is 13.8. The lowest BCUT2D eigenvalue weighted by molar-refractivity contribution is -0.134. The molecular formula is C22H27N3O4. The average molecular weight is 397 g/mol. The number of carbonyl (C=O) groups is 2. The van der Waals surface area contributed by atoms with E-state index in [1.807, 2.05) is 49.9 Å². The maximum atomic E-state index is 13.2. The molecule has 2 fully saturated rings. The highest BCUT2D eigenvalue weighted by atomic mass is 16.3. The smallest absolute Gasteiger partial charge is 0.276 e. The number of hydrogen-bond donors (Lipinski definition) is 1. The third kappa shape index (κ3) is 3.33. The number of hydrogen-bond acceptors (Lipinski definition) is 5. The number of aliphatic hydroxyl groups is 1. The molecule has 2 amide bonds. The number of fused-ring (bicyclic) bond motifs is 1. The quantitative estimate of drug-likeness (QED) is 0.855. The molecule has 2 saturated heterocycles. The van der Waals surface area contributed by atoms with Gasteiger partial charge in [0.05, 0.1) is 6.61 Å². The van der Waals surface area contributed by atoms with Gasteiger partial charge in [0.25, 0.3) is 5.91 Å². The van der Waals surface area contributed by atoms with Crippen LogP contribution in [0.1, 0.15) is 29.9 Å². The van der Waals surface area contributed by atoms with Crippen LogP contribution in [0.5, 0.6) is 0 Å². The van der Waals surface area contributed by atoms with Crippen LogP contribution in [0.25, 0.3) is 11.3 Å². The lowest BCUT2D eigenvalue weighted by Gasteiger charge is -2.27. The normalized spacial score (nSPS) is 23.7. The number of nitrogens with zero attached hydrogens (tertiary/aromatic N) is 3. The lowest BCUT2D eigenvalue weighted by atomic mass is 9.82. The van der Waals surface area contributed by atoms with Gasteiger partial charge in [0.2, 0.25) is 5.91 Å². The zero-order valence-electron chi connectivity index (χ0n) is 17.1. The molecule has 1 aromatic carbocycles. The number of carbonyl (C=O) groups excluding carboxylic acids is 2. The second kappa shape index (κ2) is 7.30.